The summed E-state index contributed by atoms with van der Waals surface area (Å²) < 4.78 is 38.4. The van der Waals surface area contributed by atoms with E-state index in [0.717, 1.165) is 9.87 Å². The lowest BCUT2D eigenvalue weighted by molar-refractivity contribution is 0.0434. The second-order valence-corrected chi connectivity index (χ2v) is 8.80. The Kier molecular flexibility index (Phi) is 6.04. The van der Waals surface area contributed by atoms with Gasteiger partial charge >= 0.3 is 5.97 Å². The number of esters is 1. The van der Waals surface area contributed by atoms with E-state index in [4.69, 9.17) is 9.15 Å². The van der Waals surface area contributed by atoms with Crippen LogP contribution >= 0.6 is 0 Å². The van der Waals surface area contributed by atoms with Gasteiger partial charge in [-0.3, -0.25) is 4.31 Å². The van der Waals surface area contributed by atoms with Gasteiger partial charge in [0.2, 0.25) is 5.89 Å². The van der Waals surface area contributed by atoms with Crippen LogP contribution in [0.15, 0.2) is 100 Å². The Hall–Kier alpha value is -3.91. The average molecular weight is 449 g/mol. The second kappa shape index (κ2) is 9.07. The largest absolute Gasteiger partial charge is 0.452 e. The minimum Gasteiger partial charge on any atom is -0.452 e. The van der Waals surface area contributed by atoms with Gasteiger partial charge < -0.3 is 9.15 Å². The Morgan fingerprint density at radius 3 is 2.28 bits per heavy atom. The fourth-order valence-electron chi connectivity index (χ4n) is 3.10. The number of aromatic nitrogens is 1. The van der Waals surface area contributed by atoms with Crippen molar-refractivity contribution in [2.45, 2.75) is 11.5 Å². The molecular weight excluding hydrogens is 428 g/mol. The topological polar surface area (TPSA) is 89.7 Å². The lowest BCUT2D eigenvalue weighted by atomic mass is 10.2. The van der Waals surface area contributed by atoms with Crippen molar-refractivity contribution in [1.29, 1.82) is 0 Å². The number of para-hydroxylation sites is 1. The van der Waals surface area contributed by atoms with Crippen molar-refractivity contribution in [3.8, 4) is 11.3 Å². The monoisotopic (exact) mass is 448 g/mol. The predicted molar refractivity (Wildman–Crippen MR) is 120 cm³/mol. The molecule has 0 aliphatic heterocycles. The van der Waals surface area contributed by atoms with E-state index in [1.807, 2.05) is 30.3 Å². The molecule has 8 heteroatoms. The maximum absolute atomic E-state index is 13.2. The van der Waals surface area contributed by atoms with E-state index in [1.165, 1.54) is 19.2 Å². The quantitative estimate of drug-likeness (QED) is 0.386. The van der Waals surface area contributed by atoms with Crippen molar-refractivity contribution in [2.75, 3.05) is 11.4 Å². The molecular formula is C24H20N2O5S. The summed E-state index contributed by atoms with van der Waals surface area (Å²) in [6, 6.07) is 23.9. The lowest BCUT2D eigenvalue weighted by Gasteiger charge is -2.20. The number of carbonyl (C=O) groups is 1. The summed E-state index contributed by atoms with van der Waals surface area (Å²) in [4.78, 5) is 16.7. The number of benzene rings is 3. The molecule has 0 unspecified atom stereocenters. The van der Waals surface area contributed by atoms with Crippen LogP contribution in [-0.2, 0) is 21.4 Å². The number of oxazole rings is 1. The smallest absolute Gasteiger partial charge is 0.340 e. The number of anilines is 1. The van der Waals surface area contributed by atoms with Gasteiger partial charge in [-0.2, -0.15) is 0 Å². The standard InChI is InChI=1S/C24H20N2O5S/c1-26(19-12-6-3-7-13-19)32(28,29)22-15-9-8-14-20(22)24(27)30-17-23-25-16-21(31-23)18-10-4-2-5-11-18/h2-16H,17H2,1H3. The molecule has 0 amide bonds. The molecule has 0 aliphatic carbocycles. The number of carbonyl (C=O) groups excluding carboxylic acids is 1. The van der Waals surface area contributed by atoms with E-state index in [-0.39, 0.29) is 23.0 Å². The molecule has 32 heavy (non-hydrogen) atoms. The Morgan fingerprint density at radius 2 is 1.56 bits per heavy atom. The van der Waals surface area contributed by atoms with E-state index < -0.39 is 16.0 Å². The summed E-state index contributed by atoms with van der Waals surface area (Å²) in [5.41, 5.74) is 1.26. The number of nitrogens with zero attached hydrogens (tertiary/aromatic N) is 2. The van der Waals surface area contributed by atoms with Gasteiger partial charge in [-0.05, 0) is 24.3 Å². The molecule has 0 radical (unpaired) electrons. The first-order valence-electron chi connectivity index (χ1n) is 9.77. The summed E-state index contributed by atoms with van der Waals surface area (Å²) in [6.45, 7) is -0.228. The van der Waals surface area contributed by atoms with Crippen LogP contribution < -0.4 is 4.31 Å². The molecule has 0 spiro atoms. The molecule has 162 valence electrons. The summed E-state index contributed by atoms with van der Waals surface area (Å²) in [6.07, 6.45) is 1.55. The number of sulfonamides is 1. The summed E-state index contributed by atoms with van der Waals surface area (Å²) in [5.74, 6) is -0.0341. The second-order valence-electron chi connectivity index (χ2n) is 6.86. The highest BCUT2D eigenvalue weighted by molar-refractivity contribution is 7.92. The van der Waals surface area contributed by atoms with Gasteiger partial charge in [-0.1, -0.05) is 60.7 Å². The number of hydrogen-bond acceptors (Lipinski definition) is 6. The van der Waals surface area contributed by atoms with Gasteiger partial charge in [-0.25, -0.2) is 18.2 Å². The van der Waals surface area contributed by atoms with Crippen molar-refractivity contribution in [3.63, 3.8) is 0 Å². The number of ether oxygens (including phenoxy) is 1. The van der Waals surface area contributed by atoms with Crippen LogP contribution in [0.4, 0.5) is 5.69 Å². The molecule has 0 aliphatic rings. The summed E-state index contributed by atoms with van der Waals surface area (Å²) >= 11 is 0. The molecule has 0 bridgehead atoms. The fraction of sp³-hybridized carbons (Fsp3) is 0.0833. The predicted octanol–water partition coefficient (Wildman–Crippen LogP) is 4.52. The summed E-state index contributed by atoms with van der Waals surface area (Å²) in [5, 5.41) is 0. The van der Waals surface area contributed by atoms with E-state index >= 15 is 0 Å². The zero-order valence-electron chi connectivity index (χ0n) is 17.2. The Bertz CT molecular complexity index is 1320. The number of hydrogen-bond donors (Lipinski definition) is 0. The summed E-state index contributed by atoms with van der Waals surface area (Å²) in [7, 11) is -2.55. The molecule has 0 atom stereocenters. The Balaban J connectivity index is 1.53. The van der Waals surface area contributed by atoms with E-state index in [2.05, 4.69) is 4.98 Å². The molecule has 4 rings (SSSR count). The first-order chi connectivity index (χ1) is 15.5. The van der Waals surface area contributed by atoms with Crippen LogP contribution in [0.25, 0.3) is 11.3 Å². The van der Waals surface area contributed by atoms with Gasteiger partial charge in [0, 0.05) is 12.6 Å². The van der Waals surface area contributed by atoms with Crippen molar-refractivity contribution < 1.29 is 22.4 Å². The lowest BCUT2D eigenvalue weighted by Crippen LogP contribution is -2.28. The van der Waals surface area contributed by atoms with E-state index in [0.29, 0.717) is 11.4 Å². The van der Waals surface area contributed by atoms with Crippen LogP contribution in [0.5, 0.6) is 0 Å². The van der Waals surface area contributed by atoms with Crippen LogP contribution in [0.3, 0.4) is 0 Å². The Labute approximate surface area is 186 Å². The molecule has 1 heterocycles. The van der Waals surface area contributed by atoms with Crippen molar-refractivity contribution in [2.24, 2.45) is 0 Å². The number of rotatable bonds is 7. The minimum atomic E-state index is -3.99. The van der Waals surface area contributed by atoms with Gasteiger partial charge in [0.15, 0.2) is 12.4 Å². The third-order valence-corrected chi connectivity index (χ3v) is 6.65. The zero-order valence-corrected chi connectivity index (χ0v) is 18.0. The molecule has 7 nitrogen and oxygen atoms in total. The third-order valence-electron chi connectivity index (χ3n) is 4.80. The zero-order chi connectivity index (χ0) is 22.6. The van der Waals surface area contributed by atoms with Gasteiger partial charge in [-0.15, -0.1) is 0 Å². The molecule has 0 saturated heterocycles. The minimum absolute atomic E-state index is 0.0647. The van der Waals surface area contributed by atoms with E-state index in [9.17, 15) is 13.2 Å². The first-order valence-corrected chi connectivity index (χ1v) is 11.2. The SMILES string of the molecule is CN(c1ccccc1)S(=O)(=O)c1ccccc1C(=O)OCc1ncc(-c2ccccc2)o1. The fourth-order valence-corrected chi connectivity index (χ4v) is 4.48. The third kappa shape index (κ3) is 4.40. The van der Waals surface area contributed by atoms with Gasteiger partial charge in [0.05, 0.1) is 17.4 Å². The highest BCUT2D eigenvalue weighted by atomic mass is 32.2. The highest BCUT2D eigenvalue weighted by Gasteiger charge is 2.27. The van der Waals surface area contributed by atoms with Crippen LogP contribution in [0.1, 0.15) is 16.2 Å². The molecule has 3 aromatic carbocycles. The van der Waals surface area contributed by atoms with Gasteiger partial charge in [0.1, 0.15) is 4.90 Å². The van der Waals surface area contributed by atoms with Gasteiger partial charge in [0.25, 0.3) is 10.0 Å². The molecule has 4 aromatic rings. The van der Waals surface area contributed by atoms with E-state index in [1.54, 1.807) is 48.7 Å². The first kappa shape index (κ1) is 21.3. The average Bonchev–Trinajstić information content (AvgIpc) is 3.32. The van der Waals surface area contributed by atoms with Crippen molar-refractivity contribution in [3.05, 3.63) is 103 Å². The maximum atomic E-state index is 13.2. The van der Waals surface area contributed by atoms with Crippen molar-refractivity contribution >= 4 is 21.7 Å². The highest BCUT2D eigenvalue weighted by Crippen LogP contribution is 2.25. The van der Waals surface area contributed by atoms with Crippen LogP contribution in [0, 0.1) is 0 Å². The molecule has 0 fully saturated rings. The van der Waals surface area contributed by atoms with Crippen LogP contribution in [-0.4, -0.2) is 26.4 Å². The van der Waals surface area contributed by atoms with Crippen molar-refractivity contribution in [1.82, 2.24) is 4.98 Å². The molecule has 0 N–H and O–H groups in total. The maximum Gasteiger partial charge on any atom is 0.340 e. The Morgan fingerprint density at radius 1 is 0.938 bits per heavy atom. The van der Waals surface area contributed by atoms with Crippen LogP contribution in [0.2, 0.25) is 0 Å². The molecule has 1 aromatic heterocycles. The normalized spacial score (nSPS) is 11.2. The molecule has 0 saturated carbocycles.